The topological polar surface area (TPSA) is 89.9 Å². The third-order valence-electron chi connectivity index (χ3n) is 3.99. The molecule has 1 atom stereocenters. The molecule has 1 saturated heterocycles. The van der Waals surface area contributed by atoms with E-state index in [0.717, 1.165) is 25.8 Å². The summed E-state index contributed by atoms with van der Waals surface area (Å²) in [6.45, 7) is 2.69. The number of nitrogens with zero attached hydrogens (tertiary/aromatic N) is 2. The van der Waals surface area contributed by atoms with Crippen molar-refractivity contribution in [3.05, 3.63) is 0 Å². The van der Waals surface area contributed by atoms with E-state index < -0.39 is 5.97 Å². The molecule has 1 fully saturated rings. The molecular formula is C16H29N3O4. The van der Waals surface area contributed by atoms with Crippen LogP contribution in [0.1, 0.15) is 38.5 Å². The summed E-state index contributed by atoms with van der Waals surface area (Å²) in [7, 11) is 4.00. The number of likely N-dealkylation sites (tertiary alicyclic amines) is 1. The molecule has 0 aromatic rings. The van der Waals surface area contributed by atoms with Crippen molar-refractivity contribution in [3.63, 3.8) is 0 Å². The van der Waals surface area contributed by atoms with E-state index >= 15 is 0 Å². The fourth-order valence-corrected chi connectivity index (χ4v) is 2.68. The first-order valence-electron chi connectivity index (χ1n) is 8.32. The van der Waals surface area contributed by atoms with Crippen LogP contribution in [0.3, 0.4) is 0 Å². The van der Waals surface area contributed by atoms with Crippen molar-refractivity contribution in [1.82, 2.24) is 15.1 Å². The van der Waals surface area contributed by atoms with E-state index in [1.54, 1.807) is 4.90 Å². The highest BCUT2D eigenvalue weighted by Crippen LogP contribution is 2.18. The smallest absolute Gasteiger partial charge is 0.303 e. The molecule has 1 aliphatic rings. The van der Waals surface area contributed by atoms with E-state index in [2.05, 4.69) is 10.2 Å². The zero-order valence-electron chi connectivity index (χ0n) is 14.2. The summed E-state index contributed by atoms with van der Waals surface area (Å²) >= 11 is 0. The second-order valence-electron chi connectivity index (χ2n) is 6.39. The van der Waals surface area contributed by atoms with E-state index in [0.29, 0.717) is 32.5 Å². The summed E-state index contributed by atoms with van der Waals surface area (Å²) < 4.78 is 0. The van der Waals surface area contributed by atoms with Gasteiger partial charge >= 0.3 is 5.97 Å². The number of aliphatic carboxylic acids is 1. The zero-order chi connectivity index (χ0) is 17.2. The molecular weight excluding hydrogens is 298 g/mol. The predicted octanol–water partition coefficient (Wildman–Crippen LogP) is 0.548. The average Bonchev–Trinajstić information content (AvgIpc) is 2.83. The van der Waals surface area contributed by atoms with Crippen LogP contribution in [0.15, 0.2) is 0 Å². The number of carbonyl (C=O) groups excluding carboxylic acids is 2. The normalized spacial score (nSPS) is 17.8. The predicted molar refractivity (Wildman–Crippen MR) is 87.0 cm³/mol. The average molecular weight is 327 g/mol. The van der Waals surface area contributed by atoms with Gasteiger partial charge in [0.1, 0.15) is 0 Å². The largest absolute Gasteiger partial charge is 0.481 e. The Hall–Kier alpha value is -1.63. The van der Waals surface area contributed by atoms with Gasteiger partial charge in [-0.15, -0.1) is 0 Å². The highest BCUT2D eigenvalue weighted by atomic mass is 16.4. The van der Waals surface area contributed by atoms with E-state index in [1.165, 1.54) is 0 Å². The first-order chi connectivity index (χ1) is 10.9. The van der Waals surface area contributed by atoms with Crippen LogP contribution in [0, 0.1) is 5.92 Å². The maximum Gasteiger partial charge on any atom is 0.303 e. The fourth-order valence-electron chi connectivity index (χ4n) is 2.68. The molecule has 0 aromatic heterocycles. The standard InChI is InChI=1S/C16H29N3O4/c1-18(2)9-6-10-19-12-13(11-14(19)20)16(23)17-8-5-3-4-7-15(21)22/h13H,3-12H2,1-2H3,(H,17,23)(H,21,22). The minimum Gasteiger partial charge on any atom is -0.481 e. The first kappa shape index (κ1) is 19.4. The minimum absolute atomic E-state index is 0.0605. The number of carboxylic acid groups (broad SMARTS) is 1. The van der Waals surface area contributed by atoms with Crippen LogP contribution in [0.5, 0.6) is 0 Å². The van der Waals surface area contributed by atoms with E-state index in [1.807, 2.05) is 14.1 Å². The Bertz CT molecular complexity index is 412. The van der Waals surface area contributed by atoms with Crippen molar-refractivity contribution in [2.24, 2.45) is 5.92 Å². The van der Waals surface area contributed by atoms with Gasteiger partial charge in [-0.2, -0.15) is 0 Å². The van der Waals surface area contributed by atoms with Gasteiger partial charge < -0.3 is 20.2 Å². The SMILES string of the molecule is CN(C)CCCN1CC(C(=O)NCCCCCC(=O)O)CC1=O. The number of nitrogens with one attached hydrogen (secondary N) is 1. The van der Waals surface area contributed by atoms with Gasteiger partial charge in [0.25, 0.3) is 0 Å². The molecule has 0 radical (unpaired) electrons. The van der Waals surface area contributed by atoms with Gasteiger partial charge in [-0.3, -0.25) is 14.4 Å². The van der Waals surface area contributed by atoms with Gasteiger partial charge in [0, 0.05) is 32.5 Å². The second-order valence-corrected chi connectivity index (χ2v) is 6.39. The second kappa shape index (κ2) is 10.2. The molecule has 0 spiro atoms. The molecule has 132 valence electrons. The van der Waals surface area contributed by atoms with Gasteiger partial charge in [-0.05, 0) is 39.9 Å². The summed E-state index contributed by atoms with van der Waals surface area (Å²) in [4.78, 5) is 38.2. The minimum atomic E-state index is -0.784. The summed E-state index contributed by atoms with van der Waals surface area (Å²) in [6, 6.07) is 0. The lowest BCUT2D eigenvalue weighted by molar-refractivity contribution is -0.137. The maximum atomic E-state index is 12.1. The molecule has 0 saturated carbocycles. The van der Waals surface area contributed by atoms with Crippen LogP contribution >= 0.6 is 0 Å². The summed E-state index contributed by atoms with van der Waals surface area (Å²) in [5, 5.41) is 11.4. The monoisotopic (exact) mass is 327 g/mol. The summed E-state index contributed by atoms with van der Waals surface area (Å²) in [5.41, 5.74) is 0. The lowest BCUT2D eigenvalue weighted by Gasteiger charge is -2.18. The molecule has 0 aromatic carbocycles. The number of carbonyl (C=O) groups is 3. The number of rotatable bonds is 11. The van der Waals surface area contributed by atoms with Crippen molar-refractivity contribution in [1.29, 1.82) is 0 Å². The lowest BCUT2D eigenvalue weighted by atomic mass is 10.1. The fraction of sp³-hybridized carbons (Fsp3) is 0.812. The Morgan fingerprint density at radius 3 is 2.65 bits per heavy atom. The molecule has 1 aliphatic heterocycles. The van der Waals surface area contributed by atoms with Gasteiger partial charge in [0.2, 0.25) is 11.8 Å². The lowest BCUT2D eigenvalue weighted by Crippen LogP contribution is -2.34. The molecule has 1 unspecified atom stereocenters. The number of hydrogen-bond donors (Lipinski definition) is 2. The molecule has 1 rings (SSSR count). The van der Waals surface area contributed by atoms with Crippen LogP contribution in [-0.4, -0.2) is 73.0 Å². The maximum absolute atomic E-state index is 12.1. The quantitative estimate of drug-likeness (QED) is 0.541. The highest BCUT2D eigenvalue weighted by Gasteiger charge is 2.33. The molecule has 2 N–H and O–H groups in total. The molecule has 7 nitrogen and oxygen atoms in total. The summed E-state index contributed by atoms with van der Waals surface area (Å²) in [5.74, 6) is -1.04. The Balaban J connectivity index is 2.17. The number of amides is 2. The van der Waals surface area contributed by atoms with Crippen molar-refractivity contribution in [3.8, 4) is 0 Å². The molecule has 23 heavy (non-hydrogen) atoms. The number of unbranched alkanes of at least 4 members (excludes halogenated alkanes) is 2. The van der Waals surface area contributed by atoms with Crippen LogP contribution in [-0.2, 0) is 14.4 Å². The Labute approximate surface area is 138 Å². The van der Waals surface area contributed by atoms with E-state index in [9.17, 15) is 14.4 Å². The van der Waals surface area contributed by atoms with Crippen LogP contribution in [0.4, 0.5) is 0 Å². The van der Waals surface area contributed by atoms with E-state index in [-0.39, 0.29) is 24.2 Å². The van der Waals surface area contributed by atoms with Crippen molar-refractivity contribution in [2.45, 2.75) is 38.5 Å². The van der Waals surface area contributed by atoms with Gasteiger partial charge in [-0.1, -0.05) is 6.42 Å². The van der Waals surface area contributed by atoms with Gasteiger partial charge in [0.15, 0.2) is 0 Å². The third-order valence-corrected chi connectivity index (χ3v) is 3.99. The van der Waals surface area contributed by atoms with E-state index in [4.69, 9.17) is 5.11 Å². The zero-order valence-corrected chi connectivity index (χ0v) is 14.2. The van der Waals surface area contributed by atoms with Crippen LogP contribution in [0.2, 0.25) is 0 Å². The third kappa shape index (κ3) is 7.97. The molecule has 0 bridgehead atoms. The molecule has 0 aliphatic carbocycles. The van der Waals surface area contributed by atoms with Crippen molar-refractivity contribution < 1.29 is 19.5 Å². The summed E-state index contributed by atoms with van der Waals surface area (Å²) in [6.07, 6.45) is 3.57. The van der Waals surface area contributed by atoms with Crippen molar-refractivity contribution in [2.75, 3.05) is 40.3 Å². The number of carboxylic acids is 1. The Kier molecular flexibility index (Phi) is 8.61. The van der Waals surface area contributed by atoms with Crippen LogP contribution in [0.25, 0.3) is 0 Å². The van der Waals surface area contributed by atoms with Crippen molar-refractivity contribution >= 4 is 17.8 Å². The van der Waals surface area contributed by atoms with Gasteiger partial charge in [-0.25, -0.2) is 0 Å². The molecule has 7 heteroatoms. The Morgan fingerprint density at radius 1 is 1.26 bits per heavy atom. The number of hydrogen-bond acceptors (Lipinski definition) is 4. The van der Waals surface area contributed by atoms with Gasteiger partial charge in [0.05, 0.1) is 5.92 Å². The highest BCUT2D eigenvalue weighted by molar-refractivity contribution is 5.89. The molecule has 2 amide bonds. The van der Waals surface area contributed by atoms with Crippen LogP contribution < -0.4 is 5.32 Å². The Morgan fingerprint density at radius 2 is 2.00 bits per heavy atom. The molecule has 1 heterocycles. The first-order valence-corrected chi connectivity index (χ1v) is 8.32.